The van der Waals surface area contributed by atoms with Crippen molar-refractivity contribution < 1.29 is 9.64 Å². The largest absolute Gasteiger partial charge is 0.370 e. The summed E-state index contributed by atoms with van der Waals surface area (Å²) in [5.41, 5.74) is 2.67. The molecule has 2 aromatic carbocycles. The minimum absolute atomic E-state index is 0.234. The van der Waals surface area contributed by atoms with Gasteiger partial charge >= 0.3 is 0 Å². The number of quaternary nitrogens is 1. The summed E-state index contributed by atoms with van der Waals surface area (Å²) in [6.45, 7) is 6.77. The molecule has 0 radical (unpaired) electrons. The Labute approximate surface area is 167 Å². The number of hydrogen-bond acceptors (Lipinski definition) is 2. The molecule has 1 saturated heterocycles. The molecule has 27 heavy (non-hydrogen) atoms. The van der Waals surface area contributed by atoms with Gasteiger partial charge in [-0.3, -0.25) is 0 Å². The lowest BCUT2D eigenvalue weighted by Crippen LogP contribution is -3.15. The number of nitrogens with one attached hydrogen (secondary N) is 3. The minimum atomic E-state index is 0.234. The van der Waals surface area contributed by atoms with Crippen molar-refractivity contribution in [1.82, 2.24) is 10.6 Å². The number of morpholine rings is 1. The Balaban J connectivity index is 1.56. The van der Waals surface area contributed by atoms with Crippen LogP contribution in [-0.2, 0) is 11.2 Å². The van der Waals surface area contributed by atoms with Crippen LogP contribution in [0.25, 0.3) is 0 Å². The van der Waals surface area contributed by atoms with Crippen LogP contribution in [0.15, 0.2) is 60.7 Å². The zero-order valence-corrected chi connectivity index (χ0v) is 16.8. The van der Waals surface area contributed by atoms with Crippen LogP contribution in [0.3, 0.4) is 0 Å². The first-order chi connectivity index (χ1) is 13.2. The fourth-order valence-corrected chi connectivity index (χ4v) is 4.08. The molecule has 5 heteroatoms. The monoisotopic (exact) mass is 384 g/mol. The van der Waals surface area contributed by atoms with Crippen LogP contribution in [0.5, 0.6) is 0 Å². The van der Waals surface area contributed by atoms with Crippen molar-refractivity contribution in [3.8, 4) is 0 Å². The second-order valence-electron chi connectivity index (χ2n) is 7.08. The maximum absolute atomic E-state index is 5.56. The third-order valence-electron chi connectivity index (χ3n) is 5.13. The van der Waals surface area contributed by atoms with Crippen LogP contribution in [0.4, 0.5) is 0 Å². The van der Waals surface area contributed by atoms with E-state index in [0.717, 1.165) is 44.4 Å². The van der Waals surface area contributed by atoms with Crippen LogP contribution in [0.2, 0.25) is 0 Å². The molecule has 0 saturated carbocycles. The van der Waals surface area contributed by atoms with Crippen molar-refractivity contribution >= 4 is 17.3 Å². The Morgan fingerprint density at radius 1 is 1.04 bits per heavy atom. The molecule has 2 atom stereocenters. The first kappa shape index (κ1) is 19.8. The highest BCUT2D eigenvalue weighted by atomic mass is 32.1. The van der Waals surface area contributed by atoms with E-state index in [0.29, 0.717) is 6.04 Å². The van der Waals surface area contributed by atoms with Crippen molar-refractivity contribution in [3.05, 3.63) is 71.8 Å². The maximum atomic E-state index is 5.56. The van der Waals surface area contributed by atoms with E-state index in [1.54, 1.807) is 4.90 Å². The molecule has 1 fully saturated rings. The zero-order chi connectivity index (χ0) is 18.9. The van der Waals surface area contributed by atoms with Crippen molar-refractivity contribution in [2.45, 2.75) is 25.4 Å². The highest BCUT2D eigenvalue weighted by Gasteiger charge is 2.31. The first-order valence-corrected chi connectivity index (χ1v) is 10.2. The van der Waals surface area contributed by atoms with Crippen LogP contribution in [0, 0.1) is 0 Å². The number of ether oxygens (including phenoxy) is 1. The molecule has 0 aliphatic carbocycles. The lowest BCUT2D eigenvalue weighted by molar-refractivity contribution is -0.940. The van der Waals surface area contributed by atoms with Gasteiger partial charge in [-0.1, -0.05) is 60.7 Å². The highest BCUT2D eigenvalue weighted by Crippen LogP contribution is 2.14. The standard InChI is InChI=1S/C22H29N3OS/c1-18(24-22(27)23-13-12-19-8-4-2-5-9-19)21(20-10-6-3-7-11-20)25-14-16-26-17-15-25/h2-11,18,21H,12-17H2,1H3,(H2,23,24,27)/p+1/t18-,21+/m1/s1. The van der Waals surface area contributed by atoms with E-state index in [-0.39, 0.29) is 6.04 Å². The van der Waals surface area contributed by atoms with Gasteiger partial charge in [-0.05, 0) is 31.1 Å². The smallest absolute Gasteiger partial charge is 0.166 e. The summed E-state index contributed by atoms with van der Waals surface area (Å²) in [4.78, 5) is 1.56. The molecule has 0 spiro atoms. The molecule has 3 rings (SSSR count). The Morgan fingerprint density at radius 2 is 1.67 bits per heavy atom. The van der Waals surface area contributed by atoms with Crippen molar-refractivity contribution in [1.29, 1.82) is 0 Å². The predicted molar refractivity (Wildman–Crippen MR) is 114 cm³/mol. The lowest BCUT2D eigenvalue weighted by atomic mass is 9.98. The Kier molecular flexibility index (Phi) is 7.63. The molecular formula is C22H30N3OS+. The number of rotatable bonds is 7. The van der Waals surface area contributed by atoms with Crippen molar-refractivity contribution in [2.75, 3.05) is 32.8 Å². The van der Waals surface area contributed by atoms with Gasteiger partial charge in [0.1, 0.15) is 19.1 Å². The number of hydrogen-bond donors (Lipinski definition) is 3. The maximum Gasteiger partial charge on any atom is 0.166 e. The van der Waals surface area contributed by atoms with Crippen molar-refractivity contribution in [3.63, 3.8) is 0 Å². The van der Waals surface area contributed by atoms with E-state index in [9.17, 15) is 0 Å². The molecule has 1 heterocycles. The predicted octanol–water partition coefficient (Wildman–Crippen LogP) is 1.74. The summed E-state index contributed by atoms with van der Waals surface area (Å²) >= 11 is 5.56. The van der Waals surface area contributed by atoms with Crippen LogP contribution in [-0.4, -0.2) is 44.0 Å². The molecule has 3 N–H and O–H groups in total. The van der Waals surface area contributed by atoms with Crippen LogP contribution in [0.1, 0.15) is 24.1 Å². The quantitative estimate of drug-likeness (QED) is 0.636. The molecule has 4 nitrogen and oxygen atoms in total. The average molecular weight is 385 g/mol. The van der Waals surface area contributed by atoms with E-state index in [4.69, 9.17) is 17.0 Å². The Hall–Kier alpha value is -1.95. The summed E-state index contributed by atoms with van der Waals surface area (Å²) in [7, 11) is 0. The molecule has 1 aliphatic rings. The summed E-state index contributed by atoms with van der Waals surface area (Å²) < 4.78 is 5.56. The third kappa shape index (κ3) is 6.03. The second kappa shape index (κ2) is 10.4. The van der Waals surface area contributed by atoms with Gasteiger partial charge in [0.05, 0.1) is 19.3 Å². The summed E-state index contributed by atoms with van der Waals surface area (Å²) in [6.07, 6.45) is 0.966. The van der Waals surface area contributed by atoms with Gasteiger partial charge in [-0.15, -0.1) is 0 Å². The van der Waals surface area contributed by atoms with Gasteiger partial charge < -0.3 is 20.3 Å². The molecule has 0 unspecified atom stereocenters. The minimum Gasteiger partial charge on any atom is -0.370 e. The summed E-state index contributed by atoms with van der Waals surface area (Å²) in [5, 5.41) is 7.61. The van der Waals surface area contributed by atoms with Gasteiger partial charge in [-0.2, -0.15) is 0 Å². The first-order valence-electron chi connectivity index (χ1n) is 9.79. The highest BCUT2D eigenvalue weighted by molar-refractivity contribution is 7.80. The van der Waals surface area contributed by atoms with Gasteiger partial charge in [-0.25, -0.2) is 0 Å². The molecule has 0 aromatic heterocycles. The fourth-order valence-electron chi connectivity index (χ4n) is 3.79. The lowest BCUT2D eigenvalue weighted by Gasteiger charge is -2.35. The second-order valence-corrected chi connectivity index (χ2v) is 7.49. The normalized spacial score (nSPS) is 17.1. The summed E-state index contributed by atoms with van der Waals surface area (Å²) in [6, 6.07) is 21.8. The Bertz CT molecular complexity index is 689. The van der Waals surface area contributed by atoms with Crippen molar-refractivity contribution in [2.24, 2.45) is 0 Å². The van der Waals surface area contributed by atoms with Gasteiger partial charge in [0, 0.05) is 12.1 Å². The van der Waals surface area contributed by atoms with E-state index < -0.39 is 0 Å². The van der Waals surface area contributed by atoms with Gasteiger partial charge in [0.2, 0.25) is 0 Å². The third-order valence-corrected chi connectivity index (χ3v) is 5.40. The van der Waals surface area contributed by atoms with Crippen LogP contribution >= 0.6 is 12.2 Å². The van der Waals surface area contributed by atoms with E-state index in [1.807, 2.05) is 6.07 Å². The molecular weight excluding hydrogens is 354 g/mol. The molecule has 2 aromatic rings. The SMILES string of the molecule is C[C@@H](NC(=S)NCCc1ccccc1)[C@@H](c1ccccc1)[NH+]1CCOCC1. The summed E-state index contributed by atoms with van der Waals surface area (Å²) in [5.74, 6) is 0. The number of thiocarbonyl (C=S) groups is 1. The zero-order valence-electron chi connectivity index (χ0n) is 16.0. The van der Waals surface area contributed by atoms with E-state index >= 15 is 0 Å². The van der Waals surface area contributed by atoms with Gasteiger partial charge in [0.25, 0.3) is 0 Å². The number of benzene rings is 2. The molecule has 0 amide bonds. The molecule has 1 aliphatic heterocycles. The Morgan fingerprint density at radius 3 is 2.33 bits per heavy atom. The average Bonchev–Trinajstić information content (AvgIpc) is 2.70. The van der Waals surface area contributed by atoms with E-state index in [2.05, 4.69) is 72.2 Å². The van der Waals surface area contributed by atoms with Gasteiger partial charge in [0.15, 0.2) is 5.11 Å². The molecule has 0 bridgehead atoms. The fraction of sp³-hybridized carbons (Fsp3) is 0.409. The van der Waals surface area contributed by atoms with E-state index in [1.165, 1.54) is 11.1 Å². The topological polar surface area (TPSA) is 37.7 Å². The molecule has 144 valence electrons. The van der Waals surface area contributed by atoms with Crippen LogP contribution < -0.4 is 15.5 Å².